The Balaban J connectivity index is 1.47. The molecule has 0 atom stereocenters. The molecule has 0 radical (unpaired) electrons. The molecule has 0 fully saturated rings. The highest BCUT2D eigenvalue weighted by Crippen LogP contribution is 2.16. The van der Waals surface area contributed by atoms with E-state index in [9.17, 15) is 13.6 Å². The molecule has 142 valence electrons. The predicted octanol–water partition coefficient (Wildman–Crippen LogP) is 3.65. The second kappa shape index (κ2) is 8.26. The lowest BCUT2D eigenvalue weighted by Crippen LogP contribution is -2.26. The number of amides is 1. The summed E-state index contributed by atoms with van der Waals surface area (Å²) in [6, 6.07) is 8.99. The van der Waals surface area contributed by atoms with Gasteiger partial charge in [-0.25, -0.2) is 13.8 Å². The second-order valence-electron chi connectivity index (χ2n) is 6.63. The summed E-state index contributed by atoms with van der Waals surface area (Å²) < 4.78 is 26.7. The second-order valence-corrected chi connectivity index (χ2v) is 6.63. The van der Waals surface area contributed by atoms with Gasteiger partial charge in [-0.15, -0.1) is 0 Å². The predicted molar refractivity (Wildman–Crippen MR) is 102 cm³/mol. The highest BCUT2D eigenvalue weighted by Gasteiger charge is 2.10. The van der Waals surface area contributed by atoms with Crippen LogP contribution in [0.25, 0.3) is 11.0 Å². The van der Waals surface area contributed by atoms with Crippen molar-refractivity contribution in [1.29, 1.82) is 0 Å². The summed E-state index contributed by atoms with van der Waals surface area (Å²) in [5, 5.41) is 2.41. The summed E-state index contributed by atoms with van der Waals surface area (Å²) in [4.78, 5) is 21.9. The zero-order valence-corrected chi connectivity index (χ0v) is 15.4. The van der Waals surface area contributed by atoms with Gasteiger partial charge in [0, 0.05) is 32.0 Å². The number of aromatic amines is 1. The van der Waals surface area contributed by atoms with Crippen LogP contribution in [0.5, 0.6) is 0 Å². The normalized spacial score (nSPS) is 11.3. The van der Waals surface area contributed by atoms with Gasteiger partial charge in [-0.3, -0.25) is 4.79 Å². The number of halogens is 2. The third-order valence-corrected chi connectivity index (χ3v) is 4.42. The van der Waals surface area contributed by atoms with Gasteiger partial charge in [0.05, 0.1) is 16.7 Å². The van der Waals surface area contributed by atoms with Gasteiger partial charge >= 0.3 is 0 Å². The molecule has 3 aromatic rings. The number of carbonyl (C=O) groups is 1. The van der Waals surface area contributed by atoms with Gasteiger partial charge in [0.25, 0.3) is 0 Å². The Hall–Kier alpha value is -2.80. The molecule has 0 unspecified atom stereocenters. The van der Waals surface area contributed by atoms with Crippen LogP contribution in [0, 0.1) is 18.6 Å². The SMILES string of the molecule is Cc1cccc2[nH]c(CCN(C)CCC(=O)Nc3cc(F)ccc3F)nc12. The van der Waals surface area contributed by atoms with Crippen molar-refractivity contribution < 1.29 is 13.6 Å². The van der Waals surface area contributed by atoms with Gasteiger partial charge in [0.1, 0.15) is 17.5 Å². The summed E-state index contributed by atoms with van der Waals surface area (Å²) in [5.74, 6) is -0.702. The van der Waals surface area contributed by atoms with E-state index >= 15 is 0 Å². The number of para-hydroxylation sites is 1. The number of fused-ring (bicyclic) bond motifs is 1. The van der Waals surface area contributed by atoms with Crippen molar-refractivity contribution in [3.8, 4) is 0 Å². The number of anilines is 1. The Kier molecular flexibility index (Phi) is 5.81. The fourth-order valence-corrected chi connectivity index (χ4v) is 2.85. The Morgan fingerprint density at radius 2 is 2.04 bits per heavy atom. The largest absolute Gasteiger partial charge is 0.342 e. The first kappa shape index (κ1) is 19.0. The summed E-state index contributed by atoms with van der Waals surface area (Å²) in [7, 11) is 1.91. The Morgan fingerprint density at radius 1 is 1.22 bits per heavy atom. The monoisotopic (exact) mass is 372 g/mol. The number of aryl methyl sites for hydroxylation is 1. The molecular formula is C20H22F2N4O. The minimum Gasteiger partial charge on any atom is -0.342 e. The fraction of sp³-hybridized carbons (Fsp3) is 0.300. The standard InChI is InChI=1S/C20H22F2N4O/c1-13-4-3-5-16-20(13)25-18(23-16)8-10-26(2)11-9-19(27)24-17-12-14(21)6-7-15(17)22/h3-7,12H,8-11H2,1-2H3,(H,23,25)(H,24,27). The van der Waals surface area contributed by atoms with Crippen LogP contribution in [0.1, 0.15) is 17.8 Å². The molecule has 0 spiro atoms. The molecule has 0 bridgehead atoms. The number of hydrogen-bond acceptors (Lipinski definition) is 3. The average Bonchev–Trinajstić information content (AvgIpc) is 3.06. The number of nitrogens with one attached hydrogen (secondary N) is 2. The molecule has 0 saturated heterocycles. The van der Waals surface area contributed by atoms with Crippen LogP contribution in [-0.2, 0) is 11.2 Å². The summed E-state index contributed by atoms with van der Waals surface area (Å²) in [6.07, 6.45) is 0.913. The molecule has 0 aliphatic carbocycles. The van der Waals surface area contributed by atoms with Crippen molar-refractivity contribution in [2.45, 2.75) is 19.8 Å². The number of H-pyrrole nitrogens is 1. The van der Waals surface area contributed by atoms with E-state index in [1.165, 1.54) is 0 Å². The minimum absolute atomic E-state index is 0.139. The first-order valence-electron chi connectivity index (χ1n) is 8.80. The third-order valence-electron chi connectivity index (χ3n) is 4.42. The third kappa shape index (κ3) is 4.89. The number of rotatable bonds is 7. The summed E-state index contributed by atoms with van der Waals surface area (Å²) in [6.45, 7) is 3.25. The van der Waals surface area contributed by atoms with Crippen LogP contribution in [0.3, 0.4) is 0 Å². The van der Waals surface area contributed by atoms with Gasteiger partial charge in [-0.1, -0.05) is 12.1 Å². The van der Waals surface area contributed by atoms with E-state index < -0.39 is 11.6 Å². The molecule has 7 heteroatoms. The molecule has 2 N–H and O–H groups in total. The van der Waals surface area contributed by atoms with Gasteiger partial charge in [-0.2, -0.15) is 0 Å². The molecule has 0 aliphatic heterocycles. The number of benzene rings is 2. The lowest BCUT2D eigenvalue weighted by Gasteiger charge is -2.15. The number of imidazole rings is 1. The number of aromatic nitrogens is 2. The lowest BCUT2D eigenvalue weighted by atomic mass is 10.2. The number of hydrogen-bond donors (Lipinski definition) is 2. The van der Waals surface area contributed by atoms with E-state index in [1.807, 2.05) is 37.1 Å². The average molecular weight is 372 g/mol. The topological polar surface area (TPSA) is 61.0 Å². The zero-order chi connectivity index (χ0) is 19.4. The first-order chi connectivity index (χ1) is 12.9. The Labute approximate surface area is 156 Å². The smallest absolute Gasteiger partial charge is 0.225 e. The van der Waals surface area contributed by atoms with Crippen LogP contribution in [0.15, 0.2) is 36.4 Å². The summed E-state index contributed by atoms with van der Waals surface area (Å²) in [5.41, 5.74) is 2.99. The van der Waals surface area contributed by atoms with Crippen LogP contribution in [0.4, 0.5) is 14.5 Å². The molecule has 0 saturated carbocycles. The van der Waals surface area contributed by atoms with Crippen LogP contribution in [-0.4, -0.2) is 40.9 Å². The van der Waals surface area contributed by atoms with Crippen LogP contribution >= 0.6 is 0 Å². The van der Waals surface area contributed by atoms with Crippen molar-refractivity contribution in [3.05, 3.63) is 59.4 Å². The number of likely N-dealkylation sites (N-methyl/N-ethyl adjacent to an activating group) is 1. The maximum absolute atomic E-state index is 13.6. The van der Waals surface area contributed by atoms with E-state index in [1.54, 1.807) is 0 Å². The maximum atomic E-state index is 13.6. The molecule has 27 heavy (non-hydrogen) atoms. The van der Waals surface area contributed by atoms with E-state index in [4.69, 9.17) is 0 Å². The molecular weight excluding hydrogens is 350 g/mol. The maximum Gasteiger partial charge on any atom is 0.225 e. The van der Waals surface area contributed by atoms with Crippen molar-refractivity contribution in [2.75, 3.05) is 25.5 Å². The van der Waals surface area contributed by atoms with E-state index in [0.29, 0.717) is 6.54 Å². The van der Waals surface area contributed by atoms with E-state index in [-0.39, 0.29) is 18.0 Å². The molecule has 3 rings (SSSR count). The molecule has 1 heterocycles. The highest BCUT2D eigenvalue weighted by atomic mass is 19.1. The molecule has 1 amide bonds. The van der Waals surface area contributed by atoms with Crippen LogP contribution in [0.2, 0.25) is 0 Å². The number of nitrogens with zero attached hydrogens (tertiary/aromatic N) is 2. The zero-order valence-electron chi connectivity index (χ0n) is 15.4. The minimum atomic E-state index is -0.654. The molecule has 5 nitrogen and oxygen atoms in total. The first-order valence-corrected chi connectivity index (χ1v) is 8.80. The Bertz CT molecular complexity index is 954. The number of carbonyl (C=O) groups excluding carboxylic acids is 1. The Morgan fingerprint density at radius 3 is 2.81 bits per heavy atom. The highest BCUT2D eigenvalue weighted by molar-refractivity contribution is 5.90. The van der Waals surface area contributed by atoms with Gasteiger partial charge in [0.2, 0.25) is 5.91 Å². The van der Waals surface area contributed by atoms with Gasteiger partial charge in [-0.05, 0) is 37.7 Å². The fourth-order valence-electron chi connectivity index (χ4n) is 2.85. The van der Waals surface area contributed by atoms with Crippen molar-refractivity contribution in [1.82, 2.24) is 14.9 Å². The lowest BCUT2D eigenvalue weighted by molar-refractivity contribution is -0.116. The summed E-state index contributed by atoms with van der Waals surface area (Å²) >= 11 is 0. The van der Waals surface area contributed by atoms with Crippen molar-refractivity contribution in [2.24, 2.45) is 0 Å². The van der Waals surface area contributed by atoms with Crippen LogP contribution < -0.4 is 5.32 Å². The molecule has 1 aromatic heterocycles. The van der Waals surface area contributed by atoms with Crippen molar-refractivity contribution >= 4 is 22.6 Å². The molecule has 0 aliphatic rings. The van der Waals surface area contributed by atoms with Gasteiger partial charge < -0.3 is 15.2 Å². The van der Waals surface area contributed by atoms with Gasteiger partial charge in [0.15, 0.2) is 0 Å². The van der Waals surface area contributed by atoms with Crippen molar-refractivity contribution in [3.63, 3.8) is 0 Å². The quantitative estimate of drug-likeness (QED) is 0.665. The van der Waals surface area contributed by atoms with E-state index in [2.05, 4.69) is 15.3 Å². The van der Waals surface area contributed by atoms with E-state index in [0.717, 1.165) is 53.6 Å². The molecule has 2 aromatic carbocycles.